The first-order valence-corrected chi connectivity index (χ1v) is 15.7. The maximum absolute atomic E-state index is 6.90. The maximum atomic E-state index is 6.90. The Bertz CT molecular complexity index is 2510. The first kappa shape index (κ1) is 25.2. The van der Waals surface area contributed by atoms with Crippen LogP contribution in [-0.2, 0) is 0 Å². The molecule has 10 aromatic rings. The fourth-order valence-corrected chi connectivity index (χ4v) is 7.41. The van der Waals surface area contributed by atoms with E-state index in [2.05, 4.69) is 146 Å². The van der Waals surface area contributed by atoms with Crippen LogP contribution in [0.25, 0.3) is 99.2 Å². The number of rotatable bonds is 4. The Morgan fingerprint density at radius 1 is 0.304 bits per heavy atom. The molecule has 0 saturated heterocycles. The highest BCUT2D eigenvalue weighted by Crippen LogP contribution is 2.50. The summed E-state index contributed by atoms with van der Waals surface area (Å²) in [5, 5.41) is 9.26. The highest BCUT2D eigenvalue weighted by Gasteiger charge is 2.25. The summed E-state index contributed by atoms with van der Waals surface area (Å²) in [6.45, 7) is 0. The molecule has 0 fully saturated rings. The van der Waals surface area contributed by atoms with Crippen LogP contribution in [0.2, 0.25) is 0 Å². The molecule has 2 aromatic heterocycles. The van der Waals surface area contributed by atoms with Crippen LogP contribution >= 0.6 is 0 Å². The smallest absolute Gasteiger partial charge is 0.143 e. The second-order valence-electron chi connectivity index (χ2n) is 12.0. The Morgan fingerprint density at radius 2 is 0.652 bits per heavy atom. The van der Waals surface area contributed by atoms with E-state index < -0.39 is 0 Å². The van der Waals surface area contributed by atoms with Crippen LogP contribution in [0.1, 0.15) is 0 Å². The maximum Gasteiger partial charge on any atom is 0.143 e. The second-order valence-corrected chi connectivity index (χ2v) is 12.0. The number of hydrogen-bond acceptors (Lipinski definition) is 2. The van der Waals surface area contributed by atoms with Crippen molar-refractivity contribution in [3.8, 4) is 44.9 Å². The highest BCUT2D eigenvalue weighted by molar-refractivity contribution is 6.33. The minimum Gasteiger partial charge on any atom is -0.455 e. The molecule has 0 atom stereocenters. The molecule has 46 heavy (non-hydrogen) atoms. The zero-order valence-electron chi connectivity index (χ0n) is 24.8. The molecular weight excluding hydrogens is 560 g/mol. The lowest BCUT2D eigenvalue weighted by Gasteiger charge is -2.12. The van der Waals surface area contributed by atoms with Crippen molar-refractivity contribution in [2.75, 3.05) is 0 Å². The summed E-state index contributed by atoms with van der Waals surface area (Å²) in [5.41, 5.74) is 8.50. The zero-order chi connectivity index (χ0) is 30.2. The lowest BCUT2D eigenvalue weighted by atomic mass is 9.89. The van der Waals surface area contributed by atoms with E-state index in [-0.39, 0.29) is 0 Å². The largest absolute Gasteiger partial charge is 0.455 e. The number of furan rings is 2. The predicted octanol–water partition coefficient (Wildman–Crippen LogP) is 12.7. The second kappa shape index (κ2) is 9.69. The van der Waals surface area contributed by atoms with Crippen molar-refractivity contribution in [3.05, 3.63) is 158 Å². The molecule has 10 rings (SSSR count). The van der Waals surface area contributed by atoms with Crippen LogP contribution in [0.3, 0.4) is 0 Å². The van der Waals surface area contributed by atoms with E-state index in [1.54, 1.807) is 0 Å². The fourth-order valence-electron chi connectivity index (χ4n) is 7.41. The van der Waals surface area contributed by atoms with Gasteiger partial charge in [0.25, 0.3) is 0 Å². The zero-order valence-corrected chi connectivity index (χ0v) is 24.8. The molecule has 0 aliphatic rings. The van der Waals surface area contributed by atoms with Crippen molar-refractivity contribution in [3.63, 3.8) is 0 Å². The molecule has 0 N–H and O–H groups in total. The number of benzene rings is 8. The van der Waals surface area contributed by atoms with Gasteiger partial charge in [0, 0.05) is 54.6 Å². The van der Waals surface area contributed by atoms with Gasteiger partial charge in [-0.1, -0.05) is 133 Å². The molecular formula is C44H26O2. The topological polar surface area (TPSA) is 26.3 Å². The van der Waals surface area contributed by atoms with Gasteiger partial charge >= 0.3 is 0 Å². The molecule has 0 radical (unpaired) electrons. The van der Waals surface area contributed by atoms with E-state index in [1.807, 2.05) is 12.1 Å². The van der Waals surface area contributed by atoms with Crippen molar-refractivity contribution >= 4 is 54.3 Å². The van der Waals surface area contributed by atoms with E-state index in [4.69, 9.17) is 8.83 Å². The van der Waals surface area contributed by atoms with Crippen LogP contribution in [-0.4, -0.2) is 0 Å². The van der Waals surface area contributed by atoms with Gasteiger partial charge in [0.15, 0.2) is 0 Å². The Kier molecular flexibility index (Phi) is 5.31. The summed E-state index contributed by atoms with van der Waals surface area (Å²) in [6, 6.07) is 55.7. The van der Waals surface area contributed by atoms with Gasteiger partial charge in [-0.25, -0.2) is 0 Å². The third kappa shape index (κ3) is 3.59. The minimum absolute atomic E-state index is 0.894. The monoisotopic (exact) mass is 586 g/mol. The first-order valence-electron chi connectivity index (χ1n) is 15.7. The van der Waals surface area contributed by atoms with E-state index in [1.165, 1.54) is 21.5 Å². The van der Waals surface area contributed by atoms with E-state index in [0.29, 0.717) is 0 Å². The van der Waals surface area contributed by atoms with Crippen molar-refractivity contribution in [1.29, 1.82) is 0 Å². The Morgan fingerprint density at radius 3 is 1.02 bits per heavy atom. The van der Waals surface area contributed by atoms with Gasteiger partial charge in [-0.2, -0.15) is 0 Å². The molecule has 0 amide bonds. The van der Waals surface area contributed by atoms with E-state index in [0.717, 1.165) is 77.6 Å². The molecule has 214 valence electrons. The number of hydrogen-bond donors (Lipinski definition) is 0. The average molecular weight is 587 g/mol. The van der Waals surface area contributed by atoms with Gasteiger partial charge in [-0.15, -0.1) is 0 Å². The van der Waals surface area contributed by atoms with Crippen LogP contribution in [0, 0.1) is 0 Å². The van der Waals surface area contributed by atoms with Crippen molar-refractivity contribution in [1.82, 2.24) is 0 Å². The number of fused-ring (bicyclic) bond motifs is 4. The van der Waals surface area contributed by atoms with Crippen LogP contribution < -0.4 is 0 Å². The Hall–Kier alpha value is -6.12. The highest BCUT2D eigenvalue weighted by atomic mass is 16.3. The van der Waals surface area contributed by atoms with Gasteiger partial charge in [-0.3, -0.25) is 0 Å². The standard InChI is InChI=1S/C44H26O2/c1-5-13-27(14-6-1)39-35-25-31-21-24-34-38-32(22-23-33(37(31)38)43(35)45-41(39)29-17-9-3-10-18-29)26-36-40(28-15-7-2-8-16-28)42(46-44(34)36)30-19-11-4-12-20-30/h1-26H. The molecule has 8 aromatic carbocycles. The summed E-state index contributed by atoms with van der Waals surface area (Å²) < 4.78 is 13.8. The quantitative estimate of drug-likeness (QED) is 0.192. The third-order valence-electron chi connectivity index (χ3n) is 9.40. The average Bonchev–Trinajstić information content (AvgIpc) is 3.71. The van der Waals surface area contributed by atoms with Crippen molar-refractivity contribution in [2.24, 2.45) is 0 Å². The first-order chi connectivity index (χ1) is 22.8. The van der Waals surface area contributed by atoms with Crippen LogP contribution in [0.5, 0.6) is 0 Å². The Balaban J connectivity index is 1.33. The lowest BCUT2D eigenvalue weighted by molar-refractivity contribution is 0.635. The molecule has 0 bridgehead atoms. The van der Waals surface area contributed by atoms with Gasteiger partial charge in [0.2, 0.25) is 0 Å². The van der Waals surface area contributed by atoms with Crippen LogP contribution in [0.4, 0.5) is 0 Å². The normalized spacial score (nSPS) is 11.9. The van der Waals surface area contributed by atoms with Crippen molar-refractivity contribution in [2.45, 2.75) is 0 Å². The Labute approximate surface area is 265 Å². The minimum atomic E-state index is 0.894. The van der Waals surface area contributed by atoms with Gasteiger partial charge < -0.3 is 8.83 Å². The molecule has 0 aliphatic heterocycles. The summed E-state index contributed by atoms with van der Waals surface area (Å²) in [5.74, 6) is 1.79. The van der Waals surface area contributed by atoms with Gasteiger partial charge in [0.1, 0.15) is 22.7 Å². The van der Waals surface area contributed by atoms with E-state index in [9.17, 15) is 0 Å². The summed E-state index contributed by atoms with van der Waals surface area (Å²) >= 11 is 0. The predicted molar refractivity (Wildman–Crippen MR) is 191 cm³/mol. The molecule has 0 unspecified atom stereocenters. The lowest BCUT2D eigenvalue weighted by Crippen LogP contribution is -1.86. The van der Waals surface area contributed by atoms with Crippen molar-refractivity contribution < 1.29 is 8.83 Å². The SMILES string of the molecule is c1ccc(-c2oc3c(cc4ccc5c6oc(-c7ccccc7)c(-c7ccccc7)c6cc6ccc3c4c65)c2-c2ccccc2)cc1. The summed E-state index contributed by atoms with van der Waals surface area (Å²) in [6.07, 6.45) is 0. The van der Waals surface area contributed by atoms with Crippen LogP contribution in [0.15, 0.2) is 167 Å². The summed E-state index contributed by atoms with van der Waals surface area (Å²) in [4.78, 5) is 0. The molecule has 0 spiro atoms. The molecule has 2 heteroatoms. The summed E-state index contributed by atoms with van der Waals surface area (Å²) in [7, 11) is 0. The molecule has 2 heterocycles. The molecule has 0 aliphatic carbocycles. The molecule has 2 nitrogen and oxygen atoms in total. The third-order valence-corrected chi connectivity index (χ3v) is 9.40. The molecule has 0 saturated carbocycles. The van der Waals surface area contributed by atoms with Gasteiger partial charge in [-0.05, 0) is 46.2 Å². The van der Waals surface area contributed by atoms with Gasteiger partial charge in [0.05, 0.1) is 0 Å². The fraction of sp³-hybridized carbons (Fsp3) is 0. The van der Waals surface area contributed by atoms with E-state index >= 15 is 0 Å².